The third kappa shape index (κ3) is 2.38. The number of para-hydroxylation sites is 1. The lowest BCUT2D eigenvalue weighted by Gasteiger charge is -2.34. The number of aromatic hydroxyl groups is 2. The molecular formula is C24H24N2O5. The van der Waals surface area contributed by atoms with Crippen molar-refractivity contribution in [1.29, 1.82) is 0 Å². The minimum atomic E-state index is -1.11. The van der Waals surface area contributed by atoms with E-state index in [2.05, 4.69) is 5.10 Å². The molecule has 0 spiro atoms. The highest BCUT2D eigenvalue weighted by Gasteiger charge is 2.55. The fraction of sp³-hybridized carbons (Fsp3) is 0.292. The van der Waals surface area contributed by atoms with Crippen LogP contribution in [0.4, 0.5) is 0 Å². The number of aliphatic hydroxyl groups is 2. The van der Waals surface area contributed by atoms with Crippen molar-refractivity contribution in [2.75, 3.05) is 0 Å². The monoisotopic (exact) mass is 420 g/mol. The molecule has 2 heterocycles. The van der Waals surface area contributed by atoms with Crippen LogP contribution in [0.2, 0.25) is 0 Å². The summed E-state index contributed by atoms with van der Waals surface area (Å²) in [5.41, 5.74) is 2.53. The molecule has 7 nitrogen and oxygen atoms in total. The number of aromatic nitrogens is 2. The highest BCUT2D eigenvalue weighted by atomic mass is 16.5. The van der Waals surface area contributed by atoms with Gasteiger partial charge in [-0.2, -0.15) is 5.10 Å². The fourth-order valence-electron chi connectivity index (χ4n) is 4.83. The zero-order valence-corrected chi connectivity index (χ0v) is 17.7. The van der Waals surface area contributed by atoms with E-state index in [4.69, 9.17) is 4.74 Å². The van der Waals surface area contributed by atoms with Crippen LogP contribution in [0.25, 0.3) is 11.8 Å². The molecule has 2 aliphatic rings. The first-order valence-electron chi connectivity index (χ1n) is 10.2. The summed E-state index contributed by atoms with van der Waals surface area (Å²) in [6, 6.07) is 9.59. The lowest BCUT2D eigenvalue weighted by Crippen LogP contribution is -2.34. The molecule has 4 N–H and O–H groups in total. The molecule has 2 aromatic carbocycles. The lowest BCUT2D eigenvalue weighted by molar-refractivity contribution is 0.0966. The van der Waals surface area contributed by atoms with E-state index in [1.807, 2.05) is 43.3 Å². The molecule has 1 aliphatic heterocycles. The molecule has 1 unspecified atom stereocenters. The van der Waals surface area contributed by atoms with Crippen LogP contribution in [0, 0.1) is 13.8 Å². The molecule has 0 saturated heterocycles. The minimum absolute atomic E-state index is 0.154. The van der Waals surface area contributed by atoms with Gasteiger partial charge in [0.2, 0.25) is 0 Å². The van der Waals surface area contributed by atoms with Crippen LogP contribution < -0.4 is 4.74 Å². The Morgan fingerprint density at radius 2 is 1.81 bits per heavy atom. The molecule has 0 saturated carbocycles. The number of hydrogen-bond donors (Lipinski definition) is 4. The lowest BCUT2D eigenvalue weighted by atomic mass is 9.70. The third-order valence-electron chi connectivity index (χ3n) is 6.57. The molecular weight excluding hydrogens is 396 g/mol. The van der Waals surface area contributed by atoms with Gasteiger partial charge in [0.05, 0.1) is 45.8 Å². The summed E-state index contributed by atoms with van der Waals surface area (Å²) < 4.78 is 7.89. The van der Waals surface area contributed by atoms with Gasteiger partial charge < -0.3 is 25.2 Å². The SMILES string of the molecule is Cc1nn(-c2ccccc2)c2c1[C@H](O)[C@]1(C)C(=C2)Oc2c(C(C)O)c(O)c(C)c(O)c21. The van der Waals surface area contributed by atoms with Crippen molar-refractivity contribution in [2.45, 2.75) is 45.3 Å². The van der Waals surface area contributed by atoms with Crippen molar-refractivity contribution < 1.29 is 25.2 Å². The summed E-state index contributed by atoms with van der Waals surface area (Å²) in [4.78, 5) is 0. The number of fused-ring (bicyclic) bond motifs is 4. The summed E-state index contributed by atoms with van der Waals surface area (Å²) in [7, 11) is 0. The van der Waals surface area contributed by atoms with E-state index in [0.29, 0.717) is 28.3 Å². The molecule has 0 amide bonds. The maximum absolute atomic E-state index is 11.6. The van der Waals surface area contributed by atoms with Crippen molar-refractivity contribution in [3.05, 3.63) is 69.7 Å². The summed E-state index contributed by atoms with van der Waals surface area (Å²) in [5, 5.41) is 48.1. The molecule has 3 aromatic rings. The van der Waals surface area contributed by atoms with Crippen molar-refractivity contribution >= 4 is 6.08 Å². The second-order valence-electron chi connectivity index (χ2n) is 8.46. The summed E-state index contributed by atoms with van der Waals surface area (Å²) in [5.74, 6) is 0.235. The Balaban J connectivity index is 1.80. The second-order valence-corrected chi connectivity index (χ2v) is 8.46. The first-order valence-corrected chi connectivity index (χ1v) is 10.2. The van der Waals surface area contributed by atoms with Crippen molar-refractivity contribution in [3.8, 4) is 22.9 Å². The van der Waals surface area contributed by atoms with Crippen LogP contribution in [-0.4, -0.2) is 30.2 Å². The van der Waals surface area contributed by atoms with Gasteiger partial charge >= 0.3 is 0 Å². The minimum Gasteiger partial charge on any atom is -0.507 e. The van der Waals surface area contributed by atoms with Gasteiger partial charge in [-0.1, -0.05) is 18.2 Å². The third-order valence-corrected chi connectivity index (χ3v) is 6.57. The van der Waals surface area contributed by atoms with Gasteiger partial charge in [0.25, 0.3) is 0 Å². The highest BCUT2D eigenvalue weighted by Crippen LogP contribution is 2.62. The Labute approximate surface area is 179 Å². The zero-order valence-electron chi connectivity index (χ0n) is 17.7. The summed E-state index contributed by atoms with van der Waals surface area (Å²) >= 11 is 0. The number of rotatable bonds is 2. The molecule has 0 radical (unpaired) electrons. The molecule has 5 rings (SSSR count). The van der Waals surface area contributed by atoms with Gasteiger partial charge in [0, 0.05) is 17.2 Å². The van der Waals surface area contributed by atoms with Gasteiger partial charge in [-0.05, 0) is 39.8 Å². The molecule has 1 aliphatic carbocycles. The summed E-state index contributed by atoms with van der Waals surface area (Å²) in [6.45, 7) is 6.72. The standard InChI is InChI=1S/C24H24N2O5/c1-11-20(28)18(13(3)27)22-19(21(11)29)24(4)16(31-22)10-15-17(23(24)30)12(2)25-26(15)14-8-6-5-7-9-14/h5-10,13,23,27-30H,1-4H3/t13?,23-,24+/m0/s1. The molecule has 3 atom stereocenters. The number of aliphatic hydroxyl groups excluding tert-OH is 2. The number of nitrogens with zero attached hydrogens (tertiary/aromatic N) is 2. The maximum atomic E-state index is 11.6. The van der Waals surface area contributed by atoms with E-state index in [1.165, 1.54) is 6.92 Å². The number of ether oxygens (including phenoxy) is 1. The van der Waals surface area contributed by atoms with Crippen LogP contribution in [-0.2, 0) is 5.41 Å². The maximum Gasteiger partial charge on any atom is 0.144 e. The van der Waals surface area contributed by atoms with Crippen LogP contribution >= 0.6 is 0 Å². The van der Waals surface area contributed by atoms with Crippen LogP contribution in [0.1, 0.15) is 59.7 Å². The van der Waals surface area contributed by atoms with Crippen molar-refractivity contribution in [3.63, 3.8) is 0 Å². The smallest absolute Gasteiger partial charge is 0.144 e. The zero-order chi connectivity index (χ0) is 22.2. The van der Waals surface area contributed by atoms with Crippen molar-refractivity contribution in [1.82, 2.24) is 9.78 Å². The number of aryl methyl sites for hydroxylation is 1. The molecule has 0 fully saturated rings. The van der Waals surface area contributed by atoms with Gasteiger partial charge in [0.15, 0.2) is 0 Å². The van der Waals surface area contributed by atoms with E-state index in [1.54, 1.807) is 18.5 Å². The van der Waals surface area contributed by atoms with E-state index in [0.717, 1.165) is 5.69 Å². The quantitative estimate of drug-likeness (QED) is 0.504. The number of benzene rings is 2. The van der Waals surface area contributed by atoms with Crippen LogP contribution in [0.3, 0.4) is 0 Å². The van der Waals surface area contributed by atoms with E-state index >= 15 is 0 Å². The Morgan fingerprint density at radius 1 is 1.13 bits per heavy atom. The fourth-order valence-corrected chi connectivity index (χ4v) is 4.83. The largest absolute Gasteiger partial charge is 0.507 e. The Hall–Kier alpha value is -3.29. The van der Waals surface area contributed by atoms with Crippen LogP contribution in [0.5, 0.6) is 17.2 Å². The van der Waals surface area contributed by atoms with Gasteiger partial charge in [-0.3, -0.25) is 0 Å². The number of hydrogen-bond acceptors (Lipinski definition) is 6. The highest BCUT2D eigenvalue weighted by molar-refractivity contribution is 5.75. The average Bonchev–Trinajstić information content (AvgIpc) is 3.22. The molecule has 1 aromatic heterocycles. The number of phenolic OH excluding ortho intramolecular Hbond substituents is 2. The predicted octanol–water partition coefficient (Wildman–Crippen LogP) is 3.69. The summed E-state index contributed by atoms with van der Waals surface area (Å²) in [6.07, 6.45) is -0.274. The van der Waals surface area contributed by atoms with Crippen LogP contribution in [0.15, 0.2) is 36.1 Å². The van der Waals surface area contributed by atoms with Crippen molar-refractivity contribution in [2.24, 2.45) is 0 Å². The topological polar surface area (TPSA) is 108 Å². The average molecular weight is 420 g/mol. The van der Waals surface area contributed by atoms with E-state index < -0.39 is 17.6 Å². The first-order chi connectivity index (χ1) is 14.7. The Bertz CT molecular complexity index is 1260. The van der Waals surface area contributed by atoms with Gasteiger partial charge in [-0.25, -0.2) is 4.68 Å². The van der Waals surface area contributed by atoms with E-state index in [9.17, 15) is 20.4 Å². The molecule has 0 bridgehead atoms. The molecule has 7 heteroatoms. The second kappa shape index (κ2) is 6.35. The molecule has 31 heavy (non-hydrogen) atoms. The van der Waals surface area contributed by atoms with Gasteiger partial charge in [-0.15, -0.1) is 0 Å². The van der Waals surface area contributed by atoms with Gasteiger partial charge in [0.1, 0.15) is 23.0 Å². The number of phenols is 2. The molecule has 160 valence electrons. The first kappa shape index (κ1) is 19.7. The normalized spacial score (nSPS) is 22.3. The predicted molar refractivity (Wildman–Crippen MR) is 114 cm³/mol. The van der Waals surface area contributed by atoms with E-state index in [-0.39, 0.29) is 28.4 Å². The Morgan fingerprint density at radius 3 is 2.45 bits per heavy atom. The Kier molecular flexibility index (Phi) is 4.03.